The van der Waals surface area contributed by atoms with Crippen molar-refractivity contribution in [3.05, 3.63) is 29.8 Å². The summed E-state index contributed by atoms with van der Waals surface area (Å²) >= 11 is 0. The third-order valence-electron chi connectivity index (χ3n) is 1.80. The molecule has 16 heavy (non-hydrogen) atoms. The first-order valence-corrected chi connectivity index (χ1v) is 4.39. The van der Waals surface area contributed by atoms with Crippen molar-refractivity contribution < 1.29 is 22.4 Å². The molecule has 1 N–H and O–H groups in total. The van der Waals surface area contributed by atoms with Gasteiger partial charge in [0.1, 0.15) is 0 Å². The van der Waals surface area contributed by atoms with Crippen molar-refractivity contribution in [2.24, 2.45) is 0 Å². The number of aryl methyl sites for hydroxylation is 1. The summed E-state index contributed by atoms with van der Waals surface area (Å²) in [5.74, 6) is -1.71. The maximum Gasteiger partial charge on any atom is 0.428 e. The Labute approximate surface area is 89.3 Å². The fourth-order valence-corrected chi connectivity index (χ4v) is 1.08. The van der Waals surface area contributed by atoms with Gasteiger partial charge in [0.15, 0.2) is 0 Å². The van der Waals surface area contributed by atoms with Gasteiger partial charge in [-0.3, -0.25) is 4.79 Å². The Bertz CT molecular complexity index is 389. The van der Waals surface area contributed by atoms with E-state index in [-0.39, 0.29) is 5.69 Å². The molecule has 6 heteroatoms. The highest BCUT2D eigenvalue weighted by molar-refractivity contribution is 5.94. The molecule has 1 aromatic carbocycles. The molecule has 1 aromatic rings. The van der Waals surface area contributed by atoms with Crippen molar-refractivity contribution in [1.82, 2.24) is 0 Å². The largest absolute Gasteiger partial charge is 0.428 e. The number of anilines is 1. The normalized spacial score (nSPS) is 13.3. The molecule has 0 saturated heterocycles. The molecular formula is C10H9F4NO. The fraction of sp³-hybridized carbons (Fsp3) is 0.300. The van der Waals surface area contributed by atoms with Gasteiger partial charge in [0, 0.05) is 5.69 Å². The first-order valence-electron chi connectivity index (χ1n) is 4.39. The minimum atomic E-state index is -5.17. The number of rotatable bonds is 2. The zero-order valence-electron chi connectivity index (χ0n) is 8.31. The van der Waals surface area contributed by atoms with Gasteiger partial charge in [-0.1, -0.05) is 12.1 Å². The monoisotopic (exact) mass is 235 g/mol. The summed E-state index contributed by atoms with van der Waals surface area (Å²) in [6, 6.07) is 6.08. The molecule has 0 aliphatic heterocycles. The molecule has 0 bridgehead atoms. The smallest absolute Gasteiger partial charge is 0.323 e. The average molecular weight is 235 g/mol. The van der Waals surface area contributed by atoms with Gasteiger partial charge >= 0.3 is 6.18 Å². The summed E-state index contributed by atoms with van der Waals surface area (Å²) in [6.07, 6.45) is -8.68. The summed E-state index contributed by atoms with van der Waals surface area (Å²) in [6.45, 7) is 1.70. The Balaban J connectivity index is 2.72. The molecule has 1 amide bonds. The van der Waals surface area contributed by atoms with Crippen LogP contribution in [0, 0.1) is 6.92 Å². The van der Waals surface area contributed by atoms with Crippen LogP contribution < -0.4 is 5.32 Å². The Morgan fingerprint density at radius 3 is 2.50 bits per heavy atom. The average Bonchev–Trinajstić information content (AvgIpc) is 2.15. The Hall–Kier alpha value is -1.59. The SMILES string of the molecule is Cc1cccc(NC(=O)[C@H](F)C(F)(F)F)c1. The number of halogens is 4. The van der Waals surface area contributed by atoms with Crippen LogP contribution >= 0.6 is 0 Å². The standard InChI is InChI=1S/C10H9F4NO/c1-6-3-2-4-7(5-6)15-9(16)8(11)10(12,13)14/h2-5,8H,1H3,(H,15,16)/t8-/m0/s1. The van der Waals surface area contributed by atoms with Crippen LogP contribution in [0.4, 0.5) is 23.2 Å². The molecule has 0 spiro atoms. The van der Waals surface area contributed by atoms with Gasteiger partial charge in [0.05, 0.1) is 0 Å². The van der Waals surface area contributed by atoms with E-state index >= 15 is 0 Å². The summed E-state index contributed by atoms with van der Waals surface area (Å²) in [5.41, 5.74) is 0.886. The van der Waals surface area contributed by atoms with Gasteiger partial charge in [-0.05, 0) is 24.6 Å². The Kier molecular flexibility index (Phi) is 3.51. The summed E-state index contributed by atoms with van der Waals surface area (Å²) < 4.78 is 48.1. The van der Waals surface area contributed by atoms with Gasteiger partial charge in [-0.2, -0.15) is 13.2 Å². The lowest BCUT2D eigenvalue weighted by Crippen LogP contribution is -2.36. The van der Waals surface area contributed by atoms with Crippen LogP contribution in [0.5, 0.6) is 0 Å². The summed E-state index contributed by atoms with van der Waals surface area (Å²) in [4.78, 5) is 10.9. The topological polar surface area (TPSA) is 29.1 Å². The second-order valence-corrected chi connectivity index (χ2v) is 3.26. The molecule has 0 fully saturated rings. The Morgan fingerprint density at radius 1 is 1.38 bits per heavy atom. The second kappa shape index (κ2) is 4.51. The number of nitrogens with one attached hydrogen (secondary N) is 1. The second-order valence-electron chi connectivity index (χ2n) is 3.26. The molecule has 1 atom stereocenters. The molecule has 0 unspecified atom stereocenters. The lowest BCUT2D eigenvalue weighted by Gasteiger charge is -2.12. The molecular weight excluding hydrogens is 226 g/mol. The minimum absolute atomic E-state index is 0.136. The van der Waals surface area contributed by atoms with E-state index in [1.807, 2.05) is 5.32 Å². The lowest BCUT2D eigenvalue weighted by atomic mass is 10.2. The number of hydrogen-bond acceptors (Lipinski definition) is 1. The maximum absolute atomic E-state index is 12.6. The van der Waals surface area contributed by atoms with Crippen LogP contribution in [-0.4, -0.2) is 18.3 Å². The van der Waals surface area contributed by atoms with Crippen molar-refractivity contribution in [3.8, 4) is 0 Å². The van der Waals surface area contributed by atoms with E-state index in [0.717, 1.165) is 5.56 Å². The number of alkyl halides is 4. The van der Waals surface area contributed by atoms with E-state index in [4.69, 9.17) is 0 Å². The first-order chi connectivity index (χ1) is 7.30. The fourth-order valence-electron chi connectivity index (χ4n) is 1.08. The van der Waals surface area contributed by atoms with E-state index in [0.29, 0.717) is 0 Å². The van der Waals surface area contributed by atoms with E-state index < -0.39 is 18.3 Å². The van der Waals surface area contributed by atoms with Crippen molar-refractivity contribution in [2.45, 2.75) is 19.3 Å². The number of hydrogen-bond donors (Lipinski definition) is 1. The molecule has 1 rings (SSSR count). The quantitative estimate of drug-likeness (QED) is 0.784. The van der Waals surface area contributed by atoms with E-state index in [1.165, 1.54) is 12.1 Å². The lowest BCUT2D eigenvalue weighted by molar-refractivity contribution is -0.183. The summed E-state index contributed by atoms with van der Waals surface area (Å²) in [7, 11) is 0. The highest BCUT2D eigenvalue weighted by atomic mass is 19.4. The van der Waals surface area contributed by atoms with Crippen LogP contribution in [0.2, 0.25) is 0 Å². The van der Waals surface area contributed by atoms with Gasteiger partial charge in [-0.25, -0.2) is 4.39 Å². The highest BCUT2D eigenvalue weighted by Gasteiger charge is 2.45. The van der Waals surface area contributed by atoms with Gasteiger partial charge < -0.3 is 5.32 Å². The number of carbonyl (C=O) groups is 1. The molecule has 0 aliphatic rings. The zero-order valence-corrected chi connectivity index (χ0v) is 8.31. The molecule has 0 aliphatic carbocycles. The van der Waals surface area contributed by atoms with Crippen molar-refractivity contribution in [3.63, 3.8) is 0 Å². The maximum atomic E-state index is 12.6. The van der Waals surface area contributed by atoms with Crippen molar-refractivity contribution >= 4 is 11.6 Å². The predicted octanol–water partition coefficient (Wildman–Crippen LogP) is 2.83. The van der Waals surface area contributed by atoms with Crippen LogP contribution in [-0.2, 0) is 4.79 Å². The molecule has 88 valence electrons. The highest BCUT2D eigenvalue weighted by Crippen LogP contribution is 2.24. The zero-order chi connectivity index (χ0) is 12.3. The van der Waals surface area contributed by atoms with Crippen LogP contribution in [0.15, 0.2) is 24.3 Å². The van der Waals surface area contributed by atoms with Crippen molar-refractivity contribution in [2.75, 3.05) is 5.32 Å². The molecule has 0 radical (unpaired) electrons. The molecule has 0 saturated carbocycles. The number of amides is 1. The first kappa shape index (κ1) is 12.5. The molecule has 0 heterocycles. The van der Waals surface area contributed by atoms with E-state index in [9.17, 15) is 22.4 Å². The summed E-state index contributed by atoms with van der Waals surface area (Å²) in [5, 5.41) is 1.86. The van der Waals surface area contributed by atoms with Crippen LogP contribution in [0.25, 0.3) is 0 Å². The van der Waals surface area contributed by atoms with E-state index in [2.05, 4.69) is 0 Å². The third-order valence-corrected chi connectivity index (χ3v) is 1.80. The van der Waals surface area contributed by atoms with E-state index in [1.54, 1.807) is 19.1 Å². The number of carbonyl (C=O) groups excluding carboxylic acids is 1. The van der Waals surface area contributed by atoms with Gasteiger partial charge in [-0.15, -0.1) is 0 Å². The Morgan fingerprint density at radius 2 is 2.00 bits per heavy atom. The minimum Gasteiger partial charge on any atom is -0.323 e. The van der Waals surface area contributed by atoms with Crippen LogP contribution in [0.3, 0.4) is 0 Å². The van der Waals surface area contributed by atoms with Crippen LogP contribution in [0.1, 0.15) is 5.56 Å². The molecule has 0 aromatic heterocycles. The third kappa shape index (κ3) is 3.22. The van der Waals surface area contributed by atoms with Gasteiger partial charge in [0.25, 0.3) is 12.1 Å². The predicted molar refractivity (Wildman–Crippen MR) is 50.8 cm³/mol. The van der Waals surface area contributed by atoms with Gasteiger partial charge in [0.2, 0.25) is 0 Å². The number of benzene rings is 1. The molecule has 2 nitrogen and oxygen atoms in total. The van der Waals surface area contributed by atoms with Crippen molar-refractivity contribution in [1.29, 1.82) is 0 Å².